The third-order valence-electron chi connectivity index (χ3n) is 4.51. The molecule has 152 valence electrons. The highest BCUT2D eigenvalue weighted by Crippen LogP contribution is 2.43. The van der Waals surface area contributed by atoms with Crippen molar-refractivity contribution in [3.05, 3.63) is 33.6 Å². The van der Waals surface area contributed by atoms with E-state index in [2.05, 4.69) is 16.8 Å². The zero-order valence-corrected chi connectivity index (χ0v) is 17.0. The summed E-state index contributed by atoms with van der Waals surface area (Å²) in [6.45, 7) is 3.82. The summed E-state index contributed by atoms with van der Waals surface area (Å²) in [5, 5.41) is 20.8. The van der Waals surface area contributed by atoms with Gasteiger partial charge >= 0.3 is 0 Å². The van der Waals surface area contributed by atoms with Gasteiger partial charge in [-0.3, -0.25) is 9.59 Å². The predicted molar refractivity (Wildman–Crippen MR) is 107 cm³/mol. The van der Waals surface area contributed by atoms with Crippen LogP contribution < -0.4 is 10.5 Å². The minimum Gasteiger partial charge on any atom is -0.489 e. The number of aliphatic hydroxyl groups excluding tert-OH is 1. The summed E-state index contributed by atoms with van der Waals surface area (Å²) in [5.41, 5.74) is 5.46. The molecule has 8 nitrogen and oxygen atoms in total. The molecule has 4 N–H and O–H groups in total. The van der Waals surface area contributed by atoms with Crippen molar-refractivity contribution in [2.45, 2.75) is 25.6 Å². The Morgan fingerprint density at radius 2 is 2.21 bits per heavy atom. The molecule has 0 aliphatic carbocycles. The maximum atomic E-state index is 11.9. The Labute approximate surface area is 171 Å². The van der Waals surface area contributed by atoms with E-state index < -0.39 is 23.5 Å². The predicted octanol–water partition coefficient (Wildman–Crippen LogP) is 0.700. The van der Waals surface area contributed by atoms with Crippen LogP contribution in [0.3, 0.4) is 0 Å². The van der Waals surface area contributed by atoms with Gasteiger partial charge in [0, 0.05) is 24.7 Å². The van der Waals surface area contributed by atoms with Crippen molar-refractivity contribution in [1.29, 1.82) is 0 Å². The standard InChI is InChI=1S/C20H21N3O5S/c1-4-23(3)19(26)13(24)7-5-11-6-8-14-12(9-11)15-16(20(2,27)10-28-14)29-18(22-15)17(21)25/h6,8-9,13,24,27H,4,10H2,1-3H3,(H2,21,25)/t13?,20-/m1/s1. The van der Waals surface area contributed by atoms with Crippen LogP contribution in [0.2, 0.25) is 0 Å². The maximum Gasteiger partial charge on any atom is 0.277 e. The van der Waals surface area contributed by atoms with E-state index in [1.54, 1.807) is 39.1 Å². The molecule has 2 aromatic rings. The van der Waals surface area contributed by atoms with E-state index in [9.17, 15) is 19.8 Å². The van der Waals surface area contributed by atoms with Gasteiger partial charge in [0.1, 0.15) is 18.0 Å². The molecule has 2 atom stereocenters. The topological polar surface area (TPSA) is 126 Å². The van der Waals surface area contributed by atoms with Gasteiger partial charge in [-0.25, -0.2) is 4.98 Å². The first-order valence-corrected chi connectivity index (χ1v) is 9.71. The molecule has 1 aromatic heterocycles. The van der Waals surface area contributed by atoms with Crippen LogP contribution in [0.5, 0.6) is 5.75 Å². The number of likely N-dealkylation sites (N-methyl/N-ethyl adjacent to an activating group) is 1. The minimum absolute atomic E-state index is 0.0189. The van der Waals surface area contributed by atoms with Gasteiger partial charge in [0.15, 0.2) is 11.1 Å². The van der Waals surface area contributed by atoms with E-state index in [1.807, 2.05) is 0 Å². The molecule has 1 aromatic carbocycles. The maximum absolute atomic E-state index is 11.9. The Hall–Kier alpha value is -2.93. The number of ether oxygens (including phenoxy) is 1. The SMILES string of the molecule is CCN(C)C(=O)C(O)C#Cc1ccc2c(c1)-c1nc(C(N)=O)sc1[C@](C)(O)CO2. The lowest BCUT2D eigenvalue weighted by molar-refractivity contribution is -0.135. The Balaban J connectivity index is 2.03. The van der Waals surface area contributed by atoms with Crippen molar-refractivity contribution in [1.82, 2.24) is 9.88 Å². The van der Waals surface area contributed by atoms with Crippen molar-refractivity contribution < 1.29 is 24.5 Å². The van der Waals surface area contributed by atoms with Crippen LogP contribution in [-0.2, 0) is 10.4 Å². The summed E-state index contributed by atoms with van der Waals surface area (Å²) in [7, 11) is 1.58. The number of fused-ring (bicyclic) bond motifs is 3. The summed E-state index contributed by atoms with van der Waals surface area (Å²) in [6, 6.07) is 5.02. The van der Waals surface area contributed by atoms with Gasteiger partial charge in [-0.15, -0.1) is 11.3 Å². The summed E-state index contributed by atoms with van der Waals surface area (Å²) in [6.07, 6.45) is -1.44. The van der Waals surface area contributed by atoms with E-state index in [0.717, 1.165) is 11.3 Å². The zero-order chi connectivity index (χ0) is 21.3. The molecule has 1 unspecified atom stereocenters. The molecule has 2 heterocycles. The summed E-state index contributed by atoms with van der Waals surface area (Å²) in [4.78, 5) is 29.7. The molecule has 0 saturated carbocycles. The normalized spacial score (nSPS) is 18.2. The second kappa shape index (κ2) is 7.83. The molecular formula is C20H21N3O5S. The monoisotopic (exact) mass is 415 g/mol. The molecule has 0 fully saturated rings. The third kappa shape index (κ3) is 4.10. The molecular weight excluding hydrogens is 394 g/mol. The summed E-state index contributed by atoms with van der Waals surface area (Å²) < 4.78 is 5.71. The van der Waals surface area contributed by atoms with Crippen LogP contribution in [0.25, 0.3) is 11.3 Å². The van der Waals surface area contributed by atoms with Crippen LogP contribution in [0.15, 0.2) is 18.2 Å². The molecule has 0 spiro atoms. The second-order valence-corrected chi connectivity index (χ2v) is 7.86. The highest BCUT2D eigenvalue weighted by atomic mass is 32.1. The van der Waals surface area contributed by atoms with Crippen molar-refractivity contribution >= 4 is 23.2 Å². The first-order valence-electron chi connectivity index (χ1n) is 8.89. The highest BCUT2D eigenvalue weighted by Gasteiger charge is 2.36. The first-order chi connectivity index (χ1) is 13.6. The second-order valence-electron chi connectivity index (χ2n) is 6.86. The average molecular weight is 415 g/mol. The number of thiazole rings is 1. The van der Waals surface area contributed by atoms with Crippen LogP contribution in [-0.4, -0.2) is 58.2 Å². The number of primary amides is 1. The van der Waals surface area contributed by atoms with E-state index in [4.69, 9.17) is 10.5 Å². The fraction of sp³-hybridized carbons (Fsp3) is 0.350. The van der Waals surface area contributed by atoms with Crippen LogP contribution in [0.1, 0.15) is 34.1 Å². The van der Waals surface area contributed by atoms with E-state index in [-0.39, 0.29) is 11.6 Å². The summed E-state index contributed by atoms with van der Waals surface area (Å²) >= 11 is 1.02. The first kappa shape index (κ1) is 20.8. The number of hydrogen-bond acceptors (Lipinski definition) is 7. The quantitative estimate of drug-likeness (QED) is 0.634. The zero-order valence-electron chi connectivity index (χ0n) is 16.2. The molecule has 0 saturated heterocycles. The molecule has 2 amide bonds. The van der Waals surface area contributed by atoms with Crippen molar-refractivity contribution in [2.24, 2.45) is 5.73 Å². The molecule has 29 heavy (non-hydrogen) atoms. The van der Waals surface area contributed by atoms with Gasteiger partial charge in [0.2, 0.25) is 0 Å². The number of carbonyl (C=O) groups excluding carboxylic acids is 2. The van der Waals surface area contributed by atoms with Crippen LogP contribution in [0.4, 0.5) is 0 Å². The molecule has 1 aliphatic heterocycles. The van der Waals surface area contributed by atoms with Crippen molar-refractivity contribution in [3.63, 3.8) is 0 Å². The summed E-state index contributed by atoms with van der Waals surface area (Å²) in [5.74, 6) is 4.61. The molecule has 0 bridgehead atoms. The average Bonchev–Trinajstić information content (AvgIpc) is 3.12. The Morgan fingerprint density at radius 1 is 1.48 bits per heavy atom. The molecule has 1 aliphatic rings. The molecule has 3 rings (SSSR count). The number of nitrogens with zero attached hydrogens (tertiary/aromatic N) is 2. The van der Waals surface area contributed by atoms with E-state index in [0.29, 0.717) is 34.0 Å². The molecule has 0 radical (unpaired) electrons. The van der Waals surface area contributed by atoms with Gasteiger partial charge in [0.25, 0.3) is 11.8 Å². The van der Waals surface area contributed by atoms with Crippen molar-refractivity contribution in [3.8, 4) is 28.8 Å². The number of rotatable bonds is 3. The fourth-order valence-electron chi connectivity index (χ4n) is 2.75. The van der Waals surface area contributed by atoms with Gasteiger partial charge in [-0.1, -0.05) is 11.8 Å². The number of benzene rings is 1. The number of nitrogens with two attached hydrogens (primary N) is 1. The Morgan fingerprint density at radius 3 is 2.86 bits per heavy atom. The lowest BCUT2D eigenvalue weighted by atomic mass is 10.0. The Bertz CT molecular complexity index is 1030. The number of aliphatic hydroxyl groups is 2. The third-order valence-corrected chi connectivity index (χ3v) is 5.83. The van der Waals surface area contributed by atoms with Gasteiger partial charge in [-0.2, -0.15) is 0 Å². The van der Waals surface area contributed by atoms with Crippen molar-refractivity contribution in [2.75, 3.05) is 20.2 Å². The largest absolute Gasteiger partial charge is 0.489 e. The number of hydrogen-bond donors (Lipinski definition) is 3. The van der Waals surface area contributed by atoms with Gasteiger partial charge < -0.3 is 25.6 Å². The van der Waals surface area contributed by atoms with Gasteiger partial charge in [0.05, 0.1) is 10.6 Å². The molecule has 9 heteroatoms. The number of aromatic nitrogens is 1. The van der Waals surface area contributed by atoms with Gasteiger partial charge in [-0.05, 0) is 32.0 Å². The fourth-order valence-corrected chi connectivity index (χ4v) is 3.72. The van der Waals surface area contributed by atoms with E-state index in [1.165, 1.54) is 4.90 Å². The lowest BCUT2D eigenvalue weighted by Gasteiger charge is -2.19. The van der Waals surface area contributed by atoms with Crippen LogP contribution in [0, 0.1) is 11.8 Å². The number of carbonyl (C=O) groups is 2. The van der Waals surface area contributed by atoms with E-state index >= 15 is 0 Å². The smallest absolute Gasteiger partial charge is 0.277 e. The highest BCUT2D eigenvalue weighted by molar-refractivity contribution is 7.14. The minimum atomic E-state index is -1.44. The lowest BCUT2D eigenvalue weighted by Crippen LogP contribution is -2.35. The number of amides is 2. The Kier molecular flexibility index (Phi) is 5.61. The van der Waals surface area contributed by atoms with Crippen LogP contribution >= 0.6 is 11.3 Å².